The molecule has 3 aromatic rings. The first-order valence-corrected chi connectivity index (χ1v) is 10.9. The molecule has 0 aliphatic carbocycles. The van der Waals surface area contributed by atoms with Crippen LogP contribution in [0.25, 0.3) is 10.9 Å². The maximum atomic E-state index is 13.0. The van der Waals surface area contributed by atoms with Gasteiger partial charge in [-0.25, -0.2) is 4.98 Å². The van der Waals surface area contributed by atoms with Crippen molar-refractivity contribution in [1.82, 2.24) is 9.55 Å². The molecule has 2 aliphatic heterocycles. The molecule has 0 bridgehead atoms. The Balaban J connectivity index is 1.44. The maximum Gasteiger partial charge on any atom is 0.261 e. The van der Waals surface area contributed by atoms with Crippen LogP contribution in [0.2, 0.25) is 0 Å². The average molecular weight is 402 g/mol. The fraction of sp³-hybridized carbons (Fsp3) is 0.375. The van der Waals surface area contributed by atoms with Crippen LogP contribution in [0.1, 0.15) is 48.3 Å². The summed E-state index contributed by atoms with van der Waals surface area (Å²) in [5.74, 6) is 0.637. The van der Waals surface area contributed by atoms with E-state index in [2.05, 4.69) is 21.3 Å². The molecule has 1 fully saturated rings. The molecule has 6 heteroatoms. The number of amides is 1. The third-order valence-electron chi connectivity index (χ3n) is 6.18. The van der Waals surface area contributed by atoms with Crippen LogP contribution < -0.4 is 15.8 Å². The number of rotatable bonds is 3. The van der Waals surface area contributed by atoms with E-state index < -0.39 is 0 Å². The van der Waals surface area contributed by atoms with E-state index in [9.17, 15) is 9.59 Å². The van der Waals surface area contributed by atoms with E-state index in [0.29, 0.717) is 16.5 Å². The smallest absolute Gasteiger partial charge is 0.261 e. The van der Waals surface area contributed by atoms with Crippen molar-refractivity contribution in [2.45, 2.75) is 45.1 Å². The molecule has 0 unspecified atom stereocenters. The van der Waals surface area contributed by atoms with Gasteiger partial charge in [-0.3, -0.25) is 14.2 Å². The van der Waals surface area contributed by atoms with E-state index in [4.69, 9.17) is 0 Å². The molecule has 2 aromatic carbocycles. The molecule has 1 N–H and O–H groups in total. The number of aryl methyl sites for hydroxylation is 1. The number of aromatic nitrogens is 2. The van der Waals surface area contributed by atoms with Gasteiger partial charge >= 0.3 is 0 Å². The highest BCUT2D eigenvalue weighted by molar-refractivity contribution is 6.07. The quantitative estimate of drug-likeness (QED) is 0.720. The van der Waals surface area contributed by atoms with Crippen LogP contribution in [0.4, 0.5) is 11.4 Å². The molecule has 154 valence electrons. The fourth-order valence-corrected chi connectivity index (χ4v) is 4.59. The van der Waals surface area contributed by atoms with Crippen molar-refractivity contribution in [2.75, 3.05) is 23.3 Å². The Hall–Kier alpha value is -3.15. The summed E-state index contributed by atoms with van der Waals surface area (Å²) in [6, 6.07) is 13.2. The Bertz CT molecular complexity index is 1160. The number of fused-ring (bicyclic) bond motifs is 2. The monoisotopic (exact) mass is 402 g/mol. The molecule has 1 aromatic heterocycles. The minimum atomic E-state index is -0.179. The van der Waals surface area contributed by atoms with Gasteiger partial charge in [0.2, 0.25) is 0 Å². The molecule has 0 spiro atoms. The number of nitrogens with one attached hydrogen (secondary N) is 1. The predicted octanol–water partition coefficient (Wildman–Crippen LogP) is 3.98. The summed E-state index contributed by atoms with van der Waals surface area (Å²) in [6.45, 7) is 2.76. The molecule has 3 heterocycles. The van der Waals surface area contributed by atoms with Crippen molar-refractivity contribution >= 4 is 28.2 Å². The van der Waals surface area contributed by atoms with Crippen molar-refractivity contribution in [3.8, 4) is 0 Å². The van der Waals surface area contributed by atoms with Crippen molar-refractivity contribution in [3.63, 3.8) is 0 Å². The average Bonchev–Trinajstić information content (AvgIpc) is 3.07. The summed E-state index contributed by atoms with van der Waals surface area (Å²) in [7, 11) is 0. The summed E-state index contributed by atoms with van der Waals surface area (Å²) >= 11 is 0. The first-order chi connectivity index (χ1) is 14.7. The van der Waals surface area contributed by atoms with Gasteiger partial charge in [0, 0.05) is 31.6 Å². The number of benzene rings is 2. The van der Waals surface area contributed by atoms with Crippen LogP contribution in [-0.2, 0) is 13.0 Å². The summed E-state index contributed by atoms with van der Waals surface area (Å²) in [4.78, 5) is 32.7. The van der Waals surface area contributed by atoms with E-state index in [1.807, 2.05) is 18.2 Å². The highest BCUT2D eigenvalue weighted by Gasteiger charge is 2.18. The van der Waals surface area contributed by atoms with E-state index >= 15 is 0 Å². The van der Waals surface area contributed by atoms with Gasteiger partial charge in [0.1, 0.15) is 5.82 Å². The van der Waals surface area contributed by atoms with Gasteiger partial charge in [-0.15, -0.1) is 0 Å². The highest BCUT2D eigenvalue weighted by Crippen LogP contribution is 2.28. The van der Waals surface area contributed by atoms with Gasteiger partial charge in [0.05, 0.1) is 22.3 Å². The minimum Gasteiger partial charge on any atom is -0.370 e. The zero-order valence-corrected chi connectivity index (χ0v) is 17.1. The molecule has 1 amide bonds. The second kappa shape index (κ2) is 7.94. The lowest BCUT2D eigenvalue weighted by molar-refractivity contribution is 0.102. The Morgan fingerprint density at radius 1 is 0.933 bits per heavy atom. The van der Waals surface area contributed by atoms with Crippen molar-refractivity contribution in [2.24, 2.45) is 0 Å². The zero-order chi connectivity index (χ0) is 20.5. The lowest BCUT2D eigenvalue weighted by atomic mass is 10.1. The number of carbonyl (C=O) groups excluding carboxylic acids is 1. The normalized spacial score (nSPS) is 16.3. The summed E-state index contributed by atoms with van der Waals surface area (Å²) in [5, 5.41) is 3.66. The molecule has 2 aliphatic rings. The number of hydrogen-bond donors (Lipinski definition) is 1. The number of para-hydroxylation sites is 2. The van der Waals surface area contributed by atoms with Crippen molar-refractivity contribution < 1.29 is 4.79 Å². The highest BCUT2D eigenvalue weighted by atomic mass is 16.1. The Labute approximate surface area is 175 Å². The Morgan fingerprint density at radius 3 is 2.57 bits per heavy atom. The lowest BCUT2D eigenvalue weighted by Gasteiger charge is -2.25. The second-order valence-electron chi connectivity index (χ2n) is 8.19. The van der Waals surface area contributed by atoms with Gasteiger partial charge in [-0.1, -0.05) is 25.0 Å². The third kappa shape index (κ3) is 3.47. The molecule has 0 atom stereocenters. The van der Waals surface area contributed by atoms with Gasteiger partial charge in [0.25, 0.3) is 11.5 Å². The van der Waals surface area contributed by atoms with E-state index in [-0.39, 0.29) is 11.5 Å². The fourth-order valence-electron chi connectivity index (χ4n) is 4.59. The Kier molecular flexibility index (Phi) is 4.99. The zero-order valence-electron chi connectivity index (χ0n) is 17.1. The molecule has 0 saturated carbocycles. The predicted molar refractivity (Wildman–Crippen MR) is 119 cm³/mol. The van der Waals surface area contributed by atoms with Gasteiger partial charge in [0.15, 0.2) is 0 Å². The summed E-state index contributed by atoms with van der Waals surface area (Å²) in [5.41, 5.74) is 3.00. The second-order valence-corrected chi connectivity index (χ2v) is 8.19. The molecule has 0 radical (unpaired) electrons. The summed E-state index contributed by atoms with van der Waals surface area (Å²) < 4.78 is 1.75. The van der Waals surface area contributed by atoms with E-state index in [0.717, 1.165) is 49.7 Å². The standard InChI is InChI=1S/C24H26N4O2/c29-23(26-19-8-3-4-9-21(19)27-13-5-1-2-6-14-27)17-11-12-18-20(16-17)25-22-10-7-15-28(22)24(18)30/h3-4,8-9,11-12,16H,1-2,5-7,10,13-15H2,(H,26,29). The van der Waals surface area contributed by atoms with Gasteiger partial charge in [-0.05, 0) is 49.6 Å². The summed E-state index contributed by atoms with van der Waals surface area (Å²) in [6.07, 6.45) is 6.64. The molecule has 6 nitrogen and oxygen atoms in total. The molecular formula is C24H26N4O2. The third-order valence-corrected chi connectivity index (χ3v) is 6.18. The Morgan fingerprint density at radius 2 is 1.73 bits per heavy atom. The van der Waals surface area contributed by atoms with Crippen LogP contribution >= 0.6 is 0 Å². The maximum absolute atomic E-state index is 13.0. The van der Waals surface area contributed by atoms with Gasteiger partial charge < -0.3 is 10.2 Å². The largest absolute Gasteiger partial charge is 0.370 e. The van der Waals surface area contributed by atoms with E-state index in [1.54, 1.807) is 22.8 Å². The minimum absolute atomic E-state index is 0.00836. The van der Waals surface area contributed by atoms with Crippen LogP contribution in [0.15, 0.2) is 47.3 Å². The number of carbonyl (C=O) groups is 1. The molecule has 30 heavy (non-hydrogen) atoms. The lowest BCUT2D eigenvalue weighted by Crippen LogP contribution is -2.25. The number of hydrogen-bond acceptors (Lipinski definition) is 4. The molecule has 1 saturated heterocycles. The van der Waals surface area contributed by atoms with Crippen LogP contribution in [0.3, 0.4) is 0 Å². The number of anilines is 2. The topological polar surface area (TPSA) is 67.2 Å². The SMILES string of the molecule is O=C(Nc1ccccc1N1CCCCCC1)c1ccc2c(=O)n3c(nc2c1)CCC3. The number of nitrogens with zero attached hydrogens (tertiary/aromatic N) is 3. The first-order valence-electron chi connectivity index (χ1n) is 10.9. The van der Waals surface area contributed by atoms with Crippen LogP contribution in [0, 0.1) is 0 Å². The first kappa shape index (κ1) is 18.9. The van der Waals surface area contributed by atoms with Crippen LogP contribution in [-0.4, -0.2) is 28.5 Å². The van der Waals surface area contributed by atoms with Gasteiger partial charge in [-0.2, -0.15) is 0 Å². The molecule has 5 rings (SSSR count). The molecular weight excluding hydrogens is 376 g/mol. The van der Waals surface area contributed by atoms with E-state index in [1.165, 1.54) is 25.7 Å². The van der Waals surface area contributed by atoms with Crippen molar-refractivity contribution in [1.29, 1.82) is 0 Å². The van der Waals surface area contributed by atoms with Crippen LogP contribution in [0.5, 0.6) is 0 Å². The van der Waals surface area contributed by atoms with Crippen molar-refractivity contribution in [3.05, 3.63) is 64.2 Å².